The Kier molecular flexibility index (Phi) is 4.35. The molecule has 96 valence electrons. The van der Waals surface area contributed by atoms with Gasteiger partial charge in [0.2, 0.25) is 0 Å². The van der Waals surface area contributed by atoms with Crippen LogP contribution in [0.15, 0.2) is 24.3 Å². The van der Waals surface area contributed by atoms with Crippen LogP contribution in [-0.4, -0.2) is 23.5 Å². The molecule has 2 unspecified atom stereocenters. The summed E-state index contributed by atoms with van der Waals surface area (Å²) in [4.78, 5) is 2.48. The lowest BCUT2D eigenvalue weighted by molar-refractivity contribution is 0.123. The SMILES string of the molecule is CC(N)C1CCCCN1Cc1ccc(C#N)cc1. The molecular formula is C15H21N3. The number of hydrogen-bond acceptors (Lipinski definition) is 3. The molecule has 1 aromatic rings. The van der Waals surface area contributed by atoms with Crippen molar-refractivity contribution in [3.05, 3.63) is 35.4 Å². The van der Waals surface area contributed by atoms with Crippen LogP contribution in [-0.2, 0) is 6.54 Å². The Labute approximate surface area is 109 Å². The van der Waals surface area contributed by atoms with Crippen molar-refractivity contribution in [3.63, 3.8) is 0 Å². The van der Waals surface area contributed by atoms with Crippen molar-refractivity contribution in [1.82, 2.24) is 4.90 Å². The van der Waals surface area contributed by atoms with Gasteiger partial charge in [-0.15, -0.1) is 0 Å². The molecule has 0 aliphatic carbocycles. The summed E-state index contributed by atoms with van der Waals surface area (Å²) in [6, 6.07) is 10.7. The maximum Gasteiger partial charge on any atom is 0.0991 e. The predicted octanol–water partition coefficient (Wildman–Crippen LogP) is 2.26. The summed E-state index contributed by atoms with van der Waals surface area (Å²) >= 11 is 0. The highest BCUT2D eigenvalue weighted by Crippen LogP contribution is 2.21. The van der Waals surface area contributed by atoms with Gasteiger partial charge >= 0.3 is 0 Å². The van der Waals surface area contributed by atoms with Crippen molar-refractivity contribution < 1.29 is 0 Å². The standard InChI is InChI=1S/C15H21N3/c1-12(17)15-4-2-3-9-18(15)11-14-7-5-13(10-16)6-8-14/h5-8,12,15H,2-4,9,11,17H2,1H3. The molecule has 1 fully saturated rings. The summed E-state index contributed by atoms with van der Waals surface area (Å²) in [6.07, 6.45) is 3.75. The number of nitriles is 1. The molecule has 0 bridgehead atoms. The highest BCUT2D eigenvalue weighted by molar-refractivity contribution is 5.31. The van der Waals surface area contributed by atoms with E-state index in [1.54, 1.807) is 0 Å². The van der Waals surface area contributed by atoms with E-state index >= 15 is 0 Å². The predicted molar refractivity (Wildman–Crippen MR) is 72.9 cm³/mol. The Morgan fingerprint density at radius 3 is 2.72 bits per heavy atom. The number of hydrogen-bond donors (Lipinski definition) is 1. The molecule has 0 aromatic heterocycles. The summed E-state index contributed by atoms with van der Waals surface area (Å²) in [5.41, 5.74) is 8.06. The van der Waals surface area contributed by atoms with E-state index in [1.807, 2.05) is 24.3 Å². The quantitative estimate of drug-likeness (QED) is 0.886. The number of nitrogens with zero attached hydrogens (tertiary/aromatic N) is 2. The number of piperidine rings is 1. The van der Waals surface area contributed by atoms with Crippen LogP contribution in [0.4, 0.5) is 0 Å². The molecule has 1 saturated heterocycles. The van der Waals surface area contributed by atoms with Crippen LogP contribution in [0.5, 0.6) is 0 Å². The molecule has 2 N–H and O–H groups in total. The van der Waals surface area contributed by atoms with E-state index in [0.29, 0.717) is 6.04 Å². The summed E-state index contributed by atoms with van der Waals surface area (Å²) in [7, 11) is 0. The molecule has 1 heterocycles. The van der Waals surface area contributed by atoms with E-state index < -0.39 is 0 Å². The van der Waals surface area contributed by atoms with Crippen molar-refractivity contribution in [2.75, 3.05) is 6.54 Å². The topological polar surface area (TPSA) is 53.0 Å². The lowest BCUT2D eigenvalue weighted by atomic mass is 9.96. The second kappa shape index (κ2) is 5.99. The second-order valence-corrected chi connectivity index (χ2v) is 5.20. The molecule has 1 aliphatic heterocycles. The third kappa shape index (κ3) is 3.10. The summed E-state index contributed by atoms with van der Waals surface area (Å²) in [5, 5.41) is 8.79. The Balaban J connectivity index is 2.04. The van der Waals surface area contributed by atoms with Crippen LogP contribution in [0.25, 0.3) is 0 Å². The van der Waals surface area contributed by atoms with Crippen LogP contribution in [0.1, 0.15) is 37.3 Å². The molecule has 0 spiro atoms. The first-order valence-corrected chi connectivity index (χ1v) is 6.69. The van der Waals surface area contributed by atoms with Gasteiger partial charge in [-0.2, -0.15) is 5.26 Å². The van der Waals surface area contributed by atoms with Crippen molar-refractivity contribution in [3.8, 4) is 6.07 Å². The van der Waals surface area contributed by atoms with Gasteiger partial charge in [0.15, 0.2) is 0 Å². The fourth-order valence-electron chi connectivity index (χ4n) is 2.73. The summed E-state index contributed by atoms with van der Waals surface area (Å²) in [6.45, 7) is 4.17. The van der Waals surface area contributed by atoms with E-state index in [2.05, 4.69) is 17.9 Å². The zero-order chi connectivity index (χ0) is 13.0. The van der Waals surface area contributed by atoms with Gasteiger partial charge < -0.3 is 5.73 Å². The number of rotatable bonds is 3. The molecule has 2 rings (SSSR count). The smallest absolute Gasteiger partial charge is 0.0991 e. The zero-order valence-corrected chi connectivity index (χ0v) is 11.0. The molecule has 2 atom stereocenters. The Morgan fingerprint density at radius 1 is 1.39 bits per heavy atom. The average molecular weight is 243 g/mol. The van der Waals surface area contributed by atoms with Crippen molar-refractivity contribution in [1.29, 1.82) is 5.26 Å². The van der Waals surface area contributed by atoms with Gasteiger partial charge in [-0.05, 0) is 44.0 Å². The van der Waals surface area contributed by atoms with Crippen LogP contribution < -0.4 is 5.73 Å². The summed E-state index contributed by atoms with van der Waals surface area (Å²) < 4.78 is 0. The van der Waals surface area contributed by atoms with Gasteiger partial charge in [-0.1, -0.05) is 18.6 Å². The molecule has 1 aliphatic rings. The third-order valence-corrected chi connectivity index (χ3v) is 3.74. The third-order valence-electron chi connectivity index (χ3n) is 3.74. The molecule has 3 heteroatoms. The van der Waals surface area contributed by atoms with E-state index in [1.165, 1.54) is 24.8 Å². The fourth-order valence-corrected chi connectivity index (χ4v) is 2.73. The first-order valence-electron chi connectivity index (χ1n) is 6.69. The van der Waals surface area contributed by atoms with Gasteiger partial charge in [-0.25, -0.2) is 0 Å². The van der Waals surface area contributed by atoms with E-state index in [-0.39, 0.29) is 6.04 Å². The van der Waals surface area contributed by atoms with Gasteiger partial charge in [0, 0.05) is 18.6 Å². The number of nitrogens with two attached hydrogens (primary N) is 1. The Morgan fingerprint density at radius 2 is 2.11 bits per heavy atom. The monoisotopic (exact) mass is 243 g/mol. The van der Waals surface area contributed by atoms with Crippen LogP contribution >= 0.6 is 0 Å². The maximum atomic E-state index is 8.79. The molecular weight excluding hydrogens is 222 g/mol. The fraction of sp³-hybridized carbons (Fsp3) is 0.533. The highest BCUT2D eigenvalue weighted by atomic mass is 15.2. The second-order valence-electron chi connectivity index (χ2n) is 5.20. The lowest BCUT2D eigenvalue weighted by Gasteiger charge is -2.38. The number of likely N-dealkylation sites (tertiary alicyclic amines) is 1. The minimum atomic E-state index is 0.226. The summed E-state index contributed by atoms with van der Waals surface area (Å²) in [5.74, 6) is 0. The normalized spacial score (nSPS) is 22.4. The minimum Gasteiger partial charge on any atom is -0.327 e. The maximum absolute atomic E-state index is 8.79. The lowest BCUT2D eigenvalue weighted by Crippen LogP contribution is -2.48. The largest absolute Gasteiger partial charge is 0.327 e. The van der Waals surface area contributed by atoms with E-state index in [0.717, 1.165) is 18.7 Å². The van der Waals surface area contributed by atoms with Crippen molar-refractivity contribution in [2.45, 2.75) is 44.8 Å². The van der Waals surface area contributed by atoms with E-state index in [9.17, 15) is 0 Å². The first-order chi connectivity index (χ1) is 8.70. The molecule has 0 saturated carbocycles. The van der Waals surface area contributed by atoms with Gasteiger partial charge in [0.1, 0.15) is 0 Å². The Hall–Kier alpha value is -1.37. The molecule has 18 heavy (non-hydrogen) atoms. The van der Waals surface area contributed by atoms with Crippen LogP contribution in [0.2, 0.25) is 0 Å². The minimum absolute atomic E-state index is 0.226. The van der Waals surface area contributed by atoms with Crippen molar-refractivity contribution >= 4 is 0 Å². The zero-order valence-electron chi connectivity index (χ0n) is 11.0. The Bertz CT molecular complexity index is 416. The molecule has 1 aromatic carbocycles. The van der Waals surface area contributed by atoms with Crippen LogP contribution in [0, 0.1) is 11.3 Å². The molecule has 0 amide bonds. The van der Waals surface area contributed by atoms with E-state index in [4.69, 9.17) is 11.0 Å². The molecule has 3 nitrogen and oxygen atoms in total. The van der Waals surface area contributed by atoms with Crippen molar-refractivity contribution in [2.24, 2.45) is 5.73 Å². The highest BCUT2D eigenvalue weighted by Gasteiger charge is 2.25. The van der Waals surface area contributed by atoms with Gasteiger partial charge in [0.05, 0.1) is 11.6 Å². The number of benzene rings is 1. The van der Waals surface area contributed by atoms with Gasteiger partial charge in [0.25, 0.3) is 0 Å². The average Bonchev–Trinajstić information content (AvgIpc) is 2.40. The van der Waals surface area contributed by atoms with Crippen LogP contribution in [0.3, 0.4) is 0 Å². The first kappa shape index (κ1) is 13.1. The molecule has 0 radical (unpaired) electrons. The van der Waals surface area contributed by atoms with Gasteiger partial charge in [-0.3, -0.25) is 4.90 Å².